The first-order chi connectivity index (χ1) is 13.9. The van der Waals surface area contributed by atoms with E-state index in [1.807, 2.05) is 12.1 Å². The van der Waals surface area contributed by atoms with E-state index in [9.17, 15) is 14.8 Å². The molecule has 2 unspecified atom stereocenters. The smallest absolute Gasteiger partial charge is 0.475 e. The molecule has 1 aliphatic heterocycles. The van der Waals surface area contributed by atoms with Gasteiger partial charge in [-0.2, -0.15) is 4.84 Å². The third-order valence-corrected chi connectivity index (χ3v) is 8.17. The Morgan fingerprint density at radius 3 is 2.97 bits per heavy atom. The van der Waals surface area contributed by atoms with E-state index < -0.39 is 29.9 Å². The second-order valence-corrected chi connectivity index (χ2v) is 9.08. The molecule has 1 aromatic rings. The number of hydrogen-bond donors (Lipinski definition) is 2. The van der Waals surface area contributed by atoms with Crippen LogP contribution >= 0.6 is 0 Å². The molecule has 8 atom stereocenters. The van der Waals surface area contributed by atoms with Gasteiger partial charge in [0.15, 0.2) is 17.6 Å². The third kappa shape index (κ3) is 1.97. The number of phenolic OH excluding ortho intramolecular Hbond substituents is 1. The van der Waals surface area contributed by atoms with Gasteiger partial charge in [-0.3, -0.25) is 0 Å². The van der Waals surface area contributed by atoms with Gasteiger partial charge in [-0.15, -0.1) is 0 Å². The van der Waals surface area contributed by atoms with Crippen LogP contribution in [-0.4, -0.2) is 40.2 Å². The molecule has 2 fully saturated rings. The molecule has 8 nitrogen and oxygen atoms in total. The van der Waals surface area contributed by atoms with Gasteiger partial charge in [-0.1, -0.05) is 19.1 Å². The van der Waals surface area contributed by atoms with Gasteiger partial charge < -0.3 is 14.6 Å². The highest BCUT2D eigenvalue weighted by Crippen LogP contribution is 2.73. The Balaban J connectivity index is 1.43. The monoisotopic (exact) mass is 400 g/mol. The molecular formula is C21H22NO7+. The first-order valence-electron chi connectivity index (χ1n) is 10.1. The average Bonchev–Trinajstić information content (AvgIpc) is 2.93. The van der Waals surface area contributed by atoms with Gasteiger partial charge in [0, 0.05) is 11.0 Å². The highest BCUT2D eigenvalue weighted by Gasteiger charge is 2.72. The van der Waals surface area contributed by atoms with Crippen molar-refractivity contribution in [3.05, 3.63) is 40.3 Å². The van der Waals surface area contributed by atoms with Crippen LogP contribution in [0.15, 0.2) is 24.3 Å². The van der Waals surface area contributed by atoms with E-state index in [2.05, 4.69) is 17.8 Å². The standard InChI is InChI=1S/C21H21NO7/c1-9-12-7-21-13-3-5-15(28-16(24)8-27-22(25)26)20(21)29-19-14(23)4-2-10(18(19)21)6-11(12)17(9)13/h2-5,9,11-13,15,17,20H,6-8H2,1H3,(H-,23,25,26)/p+1/t9-,11+,12?,13?,15-,17+,20-,21-/m0/s1. The quantitative estimate of drug-likeness (QED) is 0.453. The number of hydrogen-bond acceptors (Lipinski definition) is 6. The Bertz CT molecular complexity index is 974. The highest BCUT2D eigenvalue weighted by atomic mass is 17.0. The molecule has 2 N–H and O–H groups in total. The number of ether oxygens (including phenoxy) is 2. The molecule has 8 heteroatoms. The van der Waals surface area contributed by atoms with Gasteiger partial charge >= 0.3 is 11.1 Å². The number of phenols is 1. The number of carbonyl (C=O) groups is 1. The van der Waals surface area contributed by atoms with E-state index in [1.54, 1.807) is 6.07 Å². The molecule has 6 aliphatic rings. The average molecular weight is 400 g/mol. The van der Waals surface area contributed by atoms with Gasteiger partial charge in [0.1, 0.15) is 11.0 Å². The summed E-state index contributed by atoms with van der Waals surface area (Å²) in [6.45, 7) is 1.64. The summed E-state index contributed by atoms with van der Waals surface area (Å²) in [4.78, 5) is 26.9. The zero-order valence-electron chi connectivity index (χ0n) is 15.9. The van der Waals surface area contributed by atoms with Crippen LogP contribution in [0.5, 0.6) is 11.5 Å². The maximum atomic E-state index is 12.1. The second-order valence-electron chi connectivity index (χ2n) is 9.08. The van der Waals surface area contributed by atoms with Crippen molar-refractivity contribution in [1.29, 1.82) is 0 Å². The van der Waals surface area contributed by atoms with Crippen molar-refractivity contribution in [3.8, 4) is 11.5 Å². The molecule has 152 valence electrons. The lowest BCUT2D eigenvalue weighted by Crippen LogP contribution is -2.66. The minimum atomic E-state index is -0.769. The largest absolute Gasteiger partial charge is 0.504 e. The SMILES string of the molecule is C[C@H]1C2C[C@]34c5c6ccc(O)c5O[C@H]3[C@@H](OC(=O)CO[N+](=O)O)C=CC4[C@H]1[C@@H]2C6. The topological polar surface area (TPSA) is 105 Å². The summed E-state index contributed by atoms with van der Waals surface area (Å²) >= 11 is 0. The van der Waals surface area contributed by atoms with Crippen molar-refractivity contribution in [2.24, 2.45) is 29.6 Å². The Hall–Kier alpha value is -2.77. The van der Waals surface area contributed by atoms with Crippen molar-refractivity contribution in [2.75, 3.05) is 6.61 Å². The first kappa shape index (κ1) is 17.1. The Morgan fingerprint density at radius 2 is 2.17 bits per heavy atom. The maximum Gasteiger partial charge on any atom is 0.475 e. The van der Waals surface area contributed by atoms with Gasteiger partial charge in [0.05, 0.1) is 0 Å². The molecule has 0 saturated heterocycles. The summed E-state index contributed by atoms with van der Waals surface area (Å²) in [5, 5.41) is 18.3. The predicted molar refractivity (Wildman–Crippen MR) is 96.0 cm³/mol. The number of benzene rings is 1. The van der Waals surface area contributed by atoms with Crippen molar-refractivity contribution >= 4 is 5.97 Å². The molecule has 1 heterocycles. The van der Waals surface area contributed by atoms with Crippen LogP contribution in [-0.2, 0) is 26.2 Å². The Kier molecular flexibility index (Phi) is 3.21. The number of allylic oxidation sites excluding steroid dienone is 1. The van der Waals surface area contributed by atoms with Gasteiger partial charge in [-0.05, 0) is 60.1 Å². The van der Waals surface area contributed by atoms with Crippen LogP contribution in [0.1, 0.15) is 24.5 Å². The fourth-order valence-corrected chi connectivity index (χ4v) is 7.29. The second kappa shape index (κ2) is 5.43. The third-order valence-electron chi connectivity index (χ3n) is 8.17. The summed E-state index contributed by atoms with van der Waals surface area (Å²) in [5.41, 5.74) is 2.01. The van der Waals surface area contributed by atoms with Gasteiger partial charge in [0.25, 0.3) is 6.61 Å². The van der Waals surface area contributed by atoms with E-state index in [0.717, 1.165) is 18.4 Å². The van der Waals surface area contributed by atoms with Crippen molar-refractivity contribution < 1.29 is 34.5 Å². The molecule has 1 spiro atoms. The Labute approximate surface area is 166 Å². The van der Waals surface area contributed by atoms with E-state index in [1.165, 1.54) is 5.56 Å². The molecular weight excluding hydrogens is 378 g/mol. The summed E-state index contributed by atoms with van der Waals surface area (Å²) in [5.74, 6) is 2.59. The maximum absolute atomic E-state index is 12.1. The zero-order valence-corrected chi connectivity index (χ0v) is 15.9. The molecule has 0 amide bonds. The number of rotatable bonds is 4. The number of aromatic hydroxyl groups is 1. The lowest BCUT2D eigenvalue weighted by atomic mass is 9.39. The normalized spacial score (nSPS) is 41.6. The van der Waals surface area contributed by atoms with Crippen LogP contribution in [0.4, 0.5) is 0 Å². The van der Waals surface area contributed by atoms with Gasteiger partial charge in [0.2, 0.25) is 0 Å². The molecule has 5 aliphatic carbocycles. The van der Waals surface area contributed by atoms with E-state index in [4.69, 9.17) is 14.7 Å². The minimum absolute atomic E-state index is 0.119. The van der Waals surface area contributed by atoms with Crippen molar-refractivity contribution in [3.63, 3.8) is 0 Å². The molecule has 1 aromatic carbocycles. The molecule has 4 bridgehead atoms. The molecule has 29 heavy (non-hydrogen) atoms. The van der Waals surface area contributed by atoms with Crippen LogP contribution < -0.4 is 4.74 Å². The first-order valence-corrected chi connectivity index (χ1v) is 10.1. The molecule has 0 radical (unpaired) electrons. The fourth-order valence-electron chi connectivity index (χ4n) is 7.29. The van der Waals surface area contributed by atoms with Crippen molar-refractivity contribution in [1.82, 2.24) is 0 Å². The van der Waals surface area contributed by atoms with Crippen LogP contribution in [0.2, 0.25) is 0 Å². The molecule has 0 aromatic heterocycles. The van der Waals surface area contributed by atoms with E-state index in [0.29, 0.717) is 29.4 Å². The van der Waals surface area contributed by atoms with Gasteiger partial charge in [-0.25, -0.2) is 10.0 Å². The minimum Gasteiger partial charge on any atom is -0.504 e. The molecule has 7 rings (SSSR count). The molecule has 2 saturated carbocycles. The van der Waals surface area contributed by atoms with E-state index >= 15 is 0 Å². The fraction of sp³-hybridized carbons (Fsp3) is 0.571. The number of esters is 1. The van der Waals surface area contributed by atoms with Crippen molar-refractivity contribution in [2.45, 2.75) is 37.4 Å². The number of nitrogens with zero attached hydrogens (tertiary/aromatic N) is 1. The summed E-state index contributed by atoms with van der Waals surface area (Å²) in [7, 11) is 0. The lowest BCUT2D eigenvalue weighted by molar-refractivity contribution is -0.974. The van der Waals surface area contributed by atoms with Crippen LogP contribution in [0, 0.1) is 34.5 Å². The predicted octanol–water partition coefficient (Wildman–Crippen LogP) is 2.05. The lowest BCUT2D eigenvalue weighted by Gasteiger charge is -2.65. The summed E-state index contributed by atoms with van der Waals surface area (Å²) in [6.07, 6.45) is 4.90. The Morgan fingerprint density at radius 1 is 1.34 bits per heavy atom. The zero-order chi connectivity index (χ0) is 20.1. The van der Waals surface area contributed by atoms with E-state index in [-0.39, 0.29) is 17.1 Å². The number of carbonyl (C=O) groups excluding carboxylic acids is 1. The summed E-state index contributed by atoms with van der Waals surface area (Å²) < 4.78 is 11.9. The summed E-state index contributed by atoms with van der Waals surface area (Å²) in [6, 6.07) is 3.72. The highest BCUT2D eigenvalue weighted by molar-refractivity contribution is 5.71. The van der Waals surface area contributed by atoms with Crippen LogP contribution in [0.25, 0.3) is 0 Å². The van der Waals surface area contributed by atoms with Crippen LogP contribution in [0.3, 0.4) is 0 Å².